The SMILES string of the molecule is N/C(Br)=N\c1[nH+]cc(-c2ccccc2)cc1-c1ccccc1. The molecule has 3 aromatic rings. The second kappa shape index (κ2) is 6.54. The van der Waals surface area contributed by atoms with Gasteiger partial charge in [0.05, 0.1) is 11.8 Å². The Morgan fingerprint density at radius 2 is 1.45 bits per heavy atom. The number of benzene rings is 2. The predicted molar refractivity (Wildman–Crippen MR) is 94.1 cm³/mol. The normalized spacial score (nSPS) is 11.4. The number of H-pyrrole nitrogens is 1. The van der Waals surface area contributed by atoms with Gasteiger partial charge in [0.1, 0.15) is 0 Å². The number of halogens is 1. The van der Waals surface area contributed by atoms with Gasteiger partial charge in [-0.25, -0.2) is 4.98 Å². The van der Waals surface area contributed by atoms with Gasteiger partial charge in [-0.1, -0.05) is 60.7 Å². The Kier molecular flexibility index (Phi) is 4.30. The Morgan fingerprint density at radius 3 is 2.05 bits per heavy atom. The lowest BCUT2D eigenvalue weighted by Gasteiger charge is -2.05. The van der Waals surface area contributed by atoms with Gasteiger partial charge in [-0.3, -0.25) is 0 Å². The third-order valence-electron chi connectivity index (χ3n) is 3.33. The van der Waals surface area contributed by atoms with E-state index in [-0.39, 0.29) is 0 Å². The smallest absolute Gasteiger partial charge is 0.332 e. The van der Waals surface area contributed by atoms with Gasteiger partial charge in [0.2, 0.25) is 0 Å². The van der Waals surface area contributed by atoms with Crippen LogP contribution in [-0.2, 0) is 0 Å². The van der Waals surface area contributed by atoms with E-state index in [0.29, 0.717) is 4.74 Å². The molecule has 0 saturated carbocycles. The van der Waals surface area contributed by atoms with Crippen molar-refractivity contribution in [2.24, 2.45) is 10.7 Å². The lowest BCUT2D eigenvalue weighted by Crippen LogP contribution is -2.08. The lowest BCUT2D eigenvalue weighted by molar-refractivity contribution is -0.361. The Bertz CT molecular complexity index is 795. The van der Waals surface area contributed by atoms with Gasteiger partial charge in [0, 0.05) is 21.5 Å². The van der Waals surface area contributed by atoms with E-state index in [1.807, 2.05) is 42.6 Å². The van der Waals surface area contributed by atoms with E-state index >= 15 is 0 Å². The Labute approximate surface area is 137 Å². The molecular weight excluding hydrogens is 338 g/mol. The molecule has 4 heteroatoms. The first-order valence-electron chi connectivity index (χ1n) is 6.90. The highest BCUT2D eigenvalue weighted by Crippen LogP contribution is 2.30. The van der Waals surface area contributed by atoms with Crippen molar-refractivity contribution in [3.8, 4) is 22.3 Å². The highest BCUT2D eigenvalue weighted by Gasteiger charge is 2.15. The number of hydrogen-bond donors (Lipinski definition) is 1. The summed E-state index contributed by atoms with van der Waals surface area (Å²) in [6.07, 6.45) is 1.94. The molecule has 0 atom stereocenters. The molecule has 0 unspecified atom stereocenters. The minimum absolute atomic E-state index is 0.341. The molecule has 0 aliphatic heterocycles. The zero-order chi connectivity index (χ0) is 15.4. The summed E-state index contributed by atoms with van der Waals surface area (Å²) >= 11 is 3.19. The second-order valence-corrected chi connectivity index (χ2v) is 5.63. The summed E-state index contributed by atoms with van der Waals surface area (Å²) < 4.78 is 0.341. The number of nitrogens with two attached hydrogens (primary N) is 1. The van der Waals surface area contributed by atoms with E-state index in [1.165, 1.54) is 0 Å². The van der Waals surface area contributed by atoms with Crippen LogP contribution < -0.4 is 10.7 Å². The Morgan fingerprint density at radius 1 is 0.864 bits per heavy atom. The van der Waals surface area contributed by atoms with E-state index in [2.05, 4.69) is 56.2 Å². The Balaban J connectivity index is 2.17. The topological polar surface area (TPSA) is 52.5 Å². The first-order valence-corrected chi connectivity index (χ1v) is 7.69. The molecule has 0 amide bonds. The number of nitrogens with zero attached hydrogens (tertiary/aromatic N) is 1. The summed E-state index contributed by atoms with van der Waals surface area (Å²) in [5.41, 5.74) is 10.0. The van der Waals surface area contributed by atoms with E-state index in [4.69, 9.17) is 5.73 Å². The number of aliphatic imine (C=N–C) groups is 1. The average Bonchev–Trinajstić information content (AvgIpc) is 2.56. The monoisotopic (exact) mass is 352 g/mol. The maximum absolute atomic E-state index is 5.67. The Hall–Kier alpha value is -2.46. The van der Waals surface area contributed by atoms with Crippen LogP contribution in [0.2, 0.25) is 0 Å². The van der Waals surface area contributed by atoms with Crippen LogP contribution >= 0.6 is 15.9 Å². The van der Waals surface area contributed by atoms with Crippen molar-refractivity contribution >= 4 is 26.5 Å². The minimum atomic E-state index is 0.341. The van der Waals surface area contributed by atoms with Crippen LogP contribution in [0.5, 0.6) is 0 Å². The summed E-state index contributed by atoms with van der Waals surface area (Å²) in [4.78, 5) is 7.56. The molecule has 2 aromatic carbocycles. The average molecular weight is 353 g/mol. The molecular formula is C18H15BrN3+. The molecule has 3 N–H and O–H groups in total. The summed E-state index contributed by atoms with van der Waals surface area (Å²) in [6, 6.07) is 22.5. The van der Waals surface area contributed by atoms with Crippen molar-refractivity contribution in [2.45, 2.75) is 0 Å². The summed E-state index contributed by atoms with van der Waals surface area (Å²) in [7, 11) is 0. The van der Waals surface area contributed by atoms with E-state index in [1.54, 1.807) is 0 Å². The van der Waals surface area contributed by atoms with Crippen molar-refractivity contribution in [3.05, 3.63) is 72.9 Å². The van der Waals surface area contributed by atoms with Crippen LogP contribution in [0.25, 0.3) is 22.3 Å². The quantitative estimate of drug-likeness (QED) is 0.429. The fourth-order valence-corrected chi connectivity index (χ4v) is 2.50. The van der Waals surface area contributed by atoms with Crippen LogP contribution in [-0.4, -0.2) is 4.74 Å². The van der Waals surface area contributed by atoms with E-state index in [9.17, 15) is 0 Å². The van der Waals surface area contributed by atoms with Crippen LogP contribution in [0.3, 0.4) is 0 Å². The fourth-order valence-electron chi connectivity index (χ4n) is 2.32. The maximum Gasteiger partial charge on any atom is 0.332 e. The first kappa shape index (κ1) is 14.5. The number of rotatable bonds is 3. The molecule has 1 heterocycles. The summed E-state index contributed by atoms with van der Waals surface area (Å²) in [5.74, 6) is 0.722. The molecule has 0 aliphatic rings. The van der Waals surface area contributed by atoms with Crippen molar-refractivity contribution in [1.29, 1.82) is 0 Å². The standard InChI is InChI=1S/C18H14BrN3/c19-18(20)22-17-16(14-9-5-2-6-10-14)11-15(12-21-17)13-7-3-1-4-8-13/h1-12H,(H2,20,21,22)/p+1. The summed E-state index contributed by atoms with van der Waals surface area (Å²) in [5, 5.41) is 0. The van der Waals surface area contributed by atoms with Gasteiger partial charge >= 0.3 is 5.82 Å². The molecule has 0 spiro atoms. The summed E-state index contributed by atoms with van der Waals surface area (Å²) in [6.45, 7) is 0. The molecule has 22 heavy (non-hydrogen) atoms. The van der Waals surface area contributed by atoms with Gasteiger partial charge in [-0.15, -0.1) is 0 Å². The number of aromatic nitrogens is 1. The van der Waals surface area contributed by atoms with Crippen LogP contribution in [0.4, 0.5) is 5.82 Å². The molecule has 0 bridgehead atoms. The van der Waals surface area contributed by atoms with Gasteiger partial charge < -0.3 is 5.73 Å². The van der Waals surface area contributed by atoms with Crippen LogP contribution in [0, 0.1) is 0 Å². The molecule has 108 valence electrons. The van der Waals surface area contributed by atoms with E-state index < -0.39 is 0 Å². The molecule has 3 nitrogen and oxygen atoms in total. The minimum Gasteiger partial charge on any atom is -0.357 e. The fraction of sp³-hybridized carbons (Fsp3) is 0. The van der Waals surface area contributed by atoms with Crippen molar-refractivity contribution in [2.75, 3.05) is 0 Å². The van der Waals surface area contributed by atoms with Crippen molar-refractivity contribution in [1.82, 2.24) is 0 Å². The molecule has 0 saturated heterocycles. The van der Waals surface area contributed by atoms with Gasteiger partial charge in [0.15, 0.2) is 0 Å². The highest BCUT2D eigenvalue weighted by atomic mass is 79.9. The molecule has 0 fully saturated rings. The van der Waals surface area contributed by atoms with Gasteiger partial charge in [-0.2, -0.15) is 0 Å². The van der Waals surface area contributed by atoms with Crippen LogP contribution in [0.15, 0.2) is 77.9 Å². The maximum atomic E-state index is 5.67. The van der Waals surface area contributed by atoms with Crippen LogP contribution in [0.1, 0.15) is 0 Å². The van der Waals surface area contributed by atoms with Gasteiger partial charge in [0.25, 0.3) is 4.74 Å². The zero-order valence-electron chi connectivity index (χ0n) is 11.8. The highest BCUT2D eigenvalue weighted by molar-refractivity contribution is 9.18. The molecule has 0 radical (unpaired) electrons. The first-order chi connectivity index (χ1) is 10.7. The van der Waals surface area contributed by atoms with Crippen molar-refractivity contribution < 1.29 is 4.98 Å². The molecule has 0 aliphatic carbocycles. The lowest BCUT2D eigenvalue weighted by atomic mass is 10.0. The number of hydrogen-bond acceptors (Lipinski definition) is 1. The predicted octanol–water partition coefficient (Wildman–Crippen LogP) is 4.18. The third kappa shape index (κ3) is 3.23. The van der Waals surface area contributed by atoms with E-state index in [0.717, 1.165) is 28.1 Å². The number of nitrogens with one attached hydrogen (secondary N) is 1. The van der Waals surface area contributed by atoms with Crippen molar-refractivity contribution in [3.63, 3.8) is 0 Å². The zero-order valence-corrected chi connectivity index (χ0v) is 13.4. The second-order valence-electron chi connectivity index (χ2n) is 4.82. The van der Waals surface area contributed by atoms with Gasteiger partial charge in [-0.05, 0) is 22.2 Å². The molecule has 1 aromatic heterocycles. The number of amidine groups is 1. The number of pyridine rings is 1. The number of aromatic amines is 1. The largest absolute Gasteiger partial charge is 0.357 e. The third-order valence-corrected chi connectivity index (χ3v) is 3.51. The molecule has 3 rings (SSSR count).